The van der Waals surface area contributed by atoms with Crippen molar-refractivity contribution in [2.75, 3.05) is 10.6 Å². The number of aryl methyl sites for hydroxylation is 1. The molecule has 28 heavy (non-hydrogen) atoms. The molecule has 3 aromatic carbocycles. The molecule has 0 saturated heterocycles. The van der Waals surface area contributed by atoms with Crippen LogP contribution in [0.2, 0.25) is 0 Å². The molecule has 3 aromatic rings. The van der Waals surface area contributed by atoms with Gasteiger partial charge in [-0.05, 0) is 85.7 Å². The molecule has 6 heteroatoms. The second-order valence-corrected chi connectivity index (χ2v) is 7.54. The smallest absolute Gasteiger partial charge is 0.266 e. The molecule has 0 spiro atoms. The summed E-state index contributed by atoms with van der Waals surface area (Å²) in [6.07, 6.45) is 0. The molecule has 0 fully saturated rings. The average molecular weight is 455 g/mol. The van der Waals surface area contributed by atoms with Crippen molar-refractivity contribution in [1.82, 2.24) is 0 Å². The Hall–Kier alpha value is -2.70. The number of ether oxygens (including phenoxy) is 1. The molecule has 3 rings (SSSR count). The molecule has 0 radical (unpaired) electrons. The van der Waals surface area contributed by atoms with Gasteiger partial charge in [0.25, 0.3) is 11.1 Å². The SMILES string of the molecule is Cc1cccc(NC(=S)Oc2cccc(C(=O)Nc3ccc(Br)cc3)c2)c1C. The van der Waals surface area contributed by atoms with Crippen molar-refractivity contribution in [3.63, 3.8) is 0 Å². The number of hydrogen-bond acceptors (Lipinski definition) is 3. The van der Waals surface area contributed by atoms with Crippen LogP contribution in [-0.2, 0) is 0 Å². The molecule has 0 heterocycles. The molecular formula is C22H19BrN2O2S. The van der Waals surface area contributed by atoms with Crippen LogP contribution in [0.25, 0.3) is 0 Å². The molecular weight excluding hydrogens is 436 g/mol. The number of thiocarbonyl (C=S) groups is 1. The number of anilines is 2. The van der Waals surface area contributed by atoms with E-state index in [1.165, 1.54) is 5.56 Å². The molecule has 0 bridgehead atoms. The number of halogens is 1. The highest BCUT2D eigenvalue weighted by atomic mass is 79.9. The Bertz CT molecular complexity index is 1020. The van der Waals surface area contributed by atoms with Gasteiger partial charge >= 0.3 is 0 Å². The highest BCUT2D eigenvalue weighted by Crippen LogP contribution is 2.20. The number of carbonyl (C=O) groups is 1. The van der Waals surface area contributed by atoms with Crippen molar-refractivity contribution >= 4 is 50.6 Å². The number of amides is 1. The first-order chi connectivity index (χ1) is 13.4. The minimum Gasteiger partial charge on any atom is -0.432 e. The molecule has 0 unspecified atom stereocenters. The molecule has 0 atom stereocenters. The summed E-state index contributed by atoms with van der Waals surface area (Å²) in [6, 6.07) is 20.2. The van der Waals surface area contributed by atoms with E-state index in [1.54, 1.807) is 24.3 Å². The van der Waals surface area contributed by atoms with Gasteiger partial charge < -0.3 is 15.4 Å². The van der Waals surface area contributed by atoms with E-state index in [-0.39, 0.29) is 11.1 Å². The second kappa shape index (κ2) is 8.99. The number of nitrogens with one attached hydrogen (secondary N) is 2. The second-order valence-electron chi connectivity index (χ2n) is 6.25. The van der Waals surface area contributed by atoms with Crippen molar-refractivity contribution in [3.05, 3.63) is 87.9 Å². The van der Waals surface area contributed by atoms with Gasteiger partial charge in [0.05, 0.1) is 0 Å². The largest absolute Gasteiger partial charge is 0.432 e. The lowest BCUT2D eigenvalue weighted by Gasteiger charge is -2.13. The van der Waals surface area contributed by atoms with Gasteiger partial charge in [-0.3, -0.25) is 4.79 Å². The molecule has 2 N–H and O–H groups in total. The molecule has 1 amide bonds. The maximum absolute atomic E-state index is 12.5. The van der Waals surface area contributed by atoms with Crippen LogP contribution in [0.3, 0.4) is 0 Å². The van der Waals surface area contributed by atoms with Gasteiger partial charge in [-0.15, -0.1) is 0 Å². The Labute approximate surface area is 178 Å². The molecule has 142 valence electrons. The highest BCUT2D eigenvalue weighted by molar-refractivity contribution is 9.10. The monoisotopic (exact) mass is 454 g/mol. The standard InChI is InChI=1S/C22H19BrN2O2S/c1-14-5-3-8-20(15(14)2)25-22(28)27-19-7-4-6-16(13-19)21(26)24-18-11-9-17(23)10-12-18/h3-13H,1-2H3,(H,24,26)(H,25,28). The first-order valence-corrected chi connectivity index (χ1v) is 9.84. The Morgan fingerprint density at radius 1 is 0.964 bits per heavy atom. The quantitative estimate of drug-likeness (QED) is 0.468. The third-order valence-corrected chi connectivity index (χ3v) is 4.96. The Balaban J connectivity index is 1.67. The fraction of sp³-hybridized carbons (Fsp3) is 0.0909. The van der Waals surface area contributed by atoms with Gasteiger partial charge in [0.1, 0.15) is 5.75 Å². The van der Waals surface area contributed by atoms with E-state index in [0.29, 0.717) is 17.0 Å². The van der Waals surface area contributed by atoms with Gasteiger partial charge in [0.2, 0.25) is 0 Å². The van der Waals surface area contributed by atoms with Crippen LogP contribution in [0.4, 0.5) is 11.4 Å². The molecule has 0 saturated carbocycles. The first kappa shape index (κ1) is 20.0. The summed E-state index contributed by atoms with van der Waals surface area (Å²) in [6.45, 7) is 4.06. The number of benzene rings is 3. The van der Waals surface area contributed by atoms with Crippen molar-refractivity contribution in [1.29, 1.82) is 0 Å². The average Bonchev–Trinajstić information content (AvgIpc) is 2.67. The van der Waals surface area contributed by atoms with E-state index in [2.05, 4.69) is 26.6 Å². The zero-order valence-corrected chi connectivity index (χ0v) is 17.9. The Morgan fingerprint density at radius 2 is 1.68 bits per heavy atom. The van der Waals surface area contributed by atoms with Crippen LogP contribution in [0.1, 0.15) is 21.5 Å². The third-order valence-electron chi connectivity index (χ3n) is 4.25. The minimum absolute atomic E-state index is 0.221. The van der Waals surface area contributed by atoms with Crippen LogP contribution in [-0.4, -0.2) is 11.1 Å². The summed E-state index contributed by atoms with van der Waals surface area (Å²) in [7, 11) is 0. The van der Waals surface area contributed by atoms with Gasteiger partial charge in [0.15, 0.2) is 0 Å². The Morgan fingerprint density at radius 3 is 2.43 bits per heavy atom. The van der Waals surface area contributed by atoms with Gasteiger partial charge in [-0.2, -0.15) is 0 Å². The van der Waals surface area contributed by atoms with Gasteiger partial charge in [-0.25, -0.2) is 0 Å². The molecule has 0 aliphatic rings. The molecule has 0 aromatic heterocycles. The lowest BCUT2D eigenvalue weighted by molar-refractivity contribution is 0.102. The van der Waals surface area contributed by atoms with Crippen LogP contribution in [0.5, 0.6) is 5.75 Å². The third kappa shape index (κ3) is 5.18. The predicted octanol–water partition coefficient (Wildman–Crippen LogP) is 6.09. The Kier molecular flexibility index (Phi) is 6.44. The summed E-state index contributed by atoms with van der Waals surface area (Å²) in [5.74, 6) is 0.271. The zero-order chi connectivity index (χ0) is 20.1. The predicted molar refractivity (Wildman–Crippen MR) is 121 cm³/mol. The van der Waals surface area contributed by atoms with Crippen molar-refractivity contribution in [2.45, 2.75) is 13.8 Å². The molecule has 0 aliphatic heterocycles. The molecule has 0 aliphatic carbocycles. The first-order valence-electron chi connectivity index (χ1n) is 8.64. The topological polar surface area (TPSA) is 50.4 Å². The van der Waals surface area contributed by atoms with Crippen molar-refractivity contribution < 1.29 is 9.53 Å². The van der Waals surface area contributed by atoms with Crippen LogP contribution >= 0.6 is 28.1 Å². The van der Waals surface area contributed by atoms with E-state index in [4.69, 9.17) is 17.0 Å². The van der Waals surface area contributed by atoms with Crippen LogP contribution in [0, 0.1) is 13.8 Å². The van der Waals surface area contributed by atoms with Gasteiger partial charge in [-0.1, -0.05) is 34.1 Å². The van der Waals surface area contributed by atoms with Crippen molar-refractivity contribution in [2.24, 2.45) is 0 Å². The maximum Gasteiger partial charge on any atom is 0.266 e. The summed E-state index contributed by atoms with van der Waals surface area (Å²) in [5, 5.41) is 6.17. The zero-order valence-electron chi connectivity index (χ0n) is 15.5. The summed E-state index contributed by atoms with van der Waals surface area (Å²) < 4.78 is 6.65. The normalized spacial score (nSPS) is 10.2. The van der Waals surface area contributed by atoms with E-state index in [1.807, 2.05) is 56.3 Å². The number of hydrogen-bond donors (Lipinski definition) is 2. The molecule has 4 nitrogen and oxygen atoms in total. The fourth-order valence-electron chi connectivity index (χ4n) is 2.57. The highest BCUT2D eigenvalue weighted by Gasteiger charge is 2.10. The fourth-order valence-corrected chi connectivity index (χ4v) is 3.04. The number of rotatable bonds is 4. The lowest BCUT2D eigenvalue weighted by Crippen LogP contribution is -2.18. The lowest BCUT2D eigenvalue weighted by atomic mass is 10.1. The summed E-state index contributed by atoms with van der Waals surface area (Å²) >= 11 is 8.68. The van der Waals surface area contributed by atoms with E-state index in [0.717, 1.165) is 15.7 Å². The minimum atomic E-state index is -0.221. The van der Waals surface area contributed by atoms with Gasteiger partial charge in [0, 0.05) is 21.4 Å². The summed E-state index contributed by atoms with van der Waals surface area (Å²) in [4.78, 5) is 12.5. The summed E-state index contributed by atoms with van der Waals surface area (Å²) in [5.41, 5.74) is 4.37. The van der Waals surface area contributed by atoms with E-state index >= 15 is 0 Å². The van der Waals surface area contributed by atoms with Crippen molar-refractivity contribution in [3.8, 4) is 5.75 Å². The van der Waals surface area contributed by atoms with Crippen LogP contribution < -0.4 is 15.4 Å². The van der Waals surface area contributed by atoms with Crippen LogP contribution in [0.15, 0.2) is 71.2 Å². The maximum atomic E-state index is 12.5. The van der Waals surface area contributed by atoms with E-state index < -0.39 is 0 Å². The van der Waals surface area contributed by atoms with E-state index in [9.17, 15) is 4.79 Å². The number of carbonyl (C=O) groups excluding carboxylic acids is 1.